The Bertz CT molecular complexity index is 1270. The first-order valence-corrected chi connectivity index (χ1v) is 12.0. The molecule has 0 radical (unpaired) electrons. The summed E-state index contributed by atoms with van der Waals surface area (Å²) in [6.45, 7) is 6.98. The molecule has 0 bridgehead atoms. The summed E-state index contributed by atoms with van der Waals surface area (Å²) in [5.41, 5.74) is 0.136. The SMILES string of the molecule is Cc1cc(Br)c2ncn(N(C(=O)OC(C)(C)C)c3cc(Cl)ccc3S(C)=O)c(=O)c2c1. The molecular weight excluding hydrogens is 506 g/mol. The molecule has 3 aromatic rings. The van der Waals surface area contributed by atoms with Crippen LogP contribution in [0.2, 0.25) is 5.02 Å². The van der Waals surface area contributed by atoms with E-state index in [1.807, 2.05) is 13.0 Å². The van der Waals surface area contributed by atoms with Gasteiger partial charge in [0.1, 0.15) is 11.9 Å². The van der Waals surface area contributed by atoms with Crippen molar-refractivity contribution in [3.05, 3.63) is 62.1 Å². The van der Waals surface area contributed by atoms with Crippen LogP contribution in [-0.2, 0) is 15.5 Å². The fraction of sp³-hybridized carbons (Fsp3) is 0.286. The van der Waals surface area contributed by atoms with E-state index in [1.165, 1.54) is 18.6 Å². The molecule has 0 saturated carbocycles. The fourth-order valence-corrected chi connectivity index (χ4v) is 4.51. The maximum Gasteiger partial charge on any atom is 0.434 e. The minimum Gasteiger partial charge on any atom is -0.442 e. The Balaban J connectivity index is 2.35. The van der Waals surface area contributed by atoms with Gasteiger partial charge in [0.2, 0.25) is 0 Å². The van der Waals surface area contributed by atoms with Gasteiger partial charge < -0.3 is 4.74 Å². The van der Waals surface area contributed by atoms with Gasteiger partial charge >= 0.3 is 6.09 Å². The quantitative estimate of drug-likeness (QED) is 0.476. The second-order valence-electron chi connectivity index (χ2n) is 7.90. The first kappa shape index (κ1) is 23.4. The van der Waals surface area contributed by atoms with Crippen LogP contribution in [0.25, 0.3) is 10.9 Å². The highest BCUT2D eigenvalue weighted by Crippen LogP contribution is 2.29. The topological polar surface area (TPSA) is 81.5 Å². The highest BCUT2D eigenvalue weighted by atomic mass is 79.9. The van der Waals surface area contributed by atoms with Crippen molar-refractivity contribution in [1.29, 1.82) is 0 Å². The number of rotatable bonds is 3. The first-order valence-electron chi connectivity index (χ1n) is 9.23. The average molecular weight is 527 g/mol. The number of carbonyl (C=O) groups is 1. The molecule has 2 aromatic carbocycles. The van der Waals surface area contributed by atoms with Crippen molar-refractivity contribution in [2.24, 2.45) is 0 Å². The Morgan fingerprint density at radius 2 is 1.94 bits per heavy atom. The summed E-state index contributed by atoms with van der Waals surface area (Å²) >= 11 is 9.60. The third-order valence-electron chi connectivity index (χ3n) is 4.18. The van der Waals surface area contributed by atoms with E-state index in [2.05, 4.69) is 20.9 Å². The number of nitrogens with zero attached hydrogens (tertiary/aromatic N) is 3. The summed E-state index contributed by atoms with van der Waals surface area (Å²) in [6.07, 6.45) is 1.87. The number of amides is 1. The van der Waals surface area contributed by atoms with E-state index in [-0.39, 0.29) is 5.69 Å². The number of aryl methyl sites for hydroxylation is 1. The molecule has 0 aliphatic heterocycles. The van der Waals surface area contributed by atoms with Gasteiger partial charge in [-0.1, -0.05) is 11.6 Å². The molecule has 31 heavy (non-hydrogen) atoms. The molecule has 7 nitrogen and oxygen atoms in total. The van der Waals surface area contributed by atoms with Crippen LogP contribution in [0.5, 0.6) is 0 Å². The number of halogens is 2. The van der Waals surface area contributed by atoms with Crippen LogP contribution in [-0.4, -0.2) is 31.8 Å². The average Bonchev–Trinajstić information content (AvgIpc) is 2.62. The van der Waals surface area contributed by atoms with Gasteiger partial charge in [0, 0.05) is 15.8 Å². The molecule has 0 fully saturated rings. The lowest BCUT2D eigenvalue weighted by Crippen LogP contribution is -2.46. The fourth-order valence-electron chi connectivity index (χ4n) is 2.97. The summed E-state index contributed by atoms with van der Waals surface area (Å²) in [4.78, 5) is 31.3. The van der Waals surface area contributed by atoms with Crippen LogP contribution in [0.1, 0.15) is 26.3 Å². The predicted molar refractivity (Wildman–Crippen MR) is 126 cm³/mol. The highest BCUT2D eigenvalue weighted by Gasteiger charge is 2.29. The second kappa shape index (κ2) is 8.72. The van der Waals surface area contributed by atoms with Gasteiger partial charge in [0.05, 0.1) is 32.3 Å². The zero-order valence-electron chi connectivity index (χ0n) is 17.6. The van der Waals surface area contributed by atoms with Crippen LogP contribution < -0.4 is 10.6 Å². The van der Waals surface area contributed by atoms with Crippen molar-refractivity contribution in [1.82, 2.24) is 9.66 Å². The lowest BCUT2D eigenvalue weighted by atomic mass is 10.2. The maximum absolute atomic E-state index is 13.4. The highest BCUT2D eigenvalue weighted by molar-refractivity contribution is 9.10. The summed E-state index contributed by atoms with van der Waals surface area (Å²) in [5.74, 6) is 0. The monoisotopic (exact) mass is 525 g/mol. The Labute approximate surface area is 195 Å². The molecule has 1 heterocycles. The molecule has 0 saturated heterocycles. The molecule has 1 amide bonds. The molecule has 1 atom stereocenters. The zero-order valence-corrected chi connectivity index (χ0v) is 20.8. The van der Waals surface area contributed by atoms with Gasteiger partial charge in [-0.15, -0.1) is 0 Å². The van der Waals surface area contributed by atoms with Crippen molar-refractivity contribution in [3.8, 4) is 0 Å². The zero-order chi connectivity index (χ0) is 23.1. The predicted octanol–water partition coefficient (Wildman–Crippen LogP) is 5.06. The van der Waals surface area contributed by atoms with E-state index in [4.69, 9.17) is 16.3 Å². The van der Waals surface area contributed by atoms with E-state index in [0.717, 1.165) is 15.2 Å². The number of anilines is 1. The van der Waals surface area contributed by atoms with Crippen molar-refractivity contribution in [2.75, 3.05) is 11.3 Å². The molecule has 0 aliphatic carbocycles. The number of carbonyl (C=O) groups excluding carboxylic acids is 1. The molecule has 0 aliphatic rings. The Kier molecular flexibility index (Phi) is 6.59. The van der Waals surface area contributed by atoms with Crippen molar-refractivity contribution < 1.29 is 13.7 Å². The number of benzene rings is 2. The Morgan fingerprint density at radius 3 is 2.55 bits per heavy atom. The van der Waals surface area contributed by atoms with Crippen LogP contribution in [0.3, 0.4) is 0 Å². The van der Waals surface area contributed by atoms with Crippen LogP contribution in [0, 0.1) is 6.92 Å². The van der Waals surface area contributed by atoms with Crippen molar-refractivity contribution in [3.63, 3.8) is 0 Å². The van der Waals surface area contributed by atoms with E-state index in [9.17, 15) is 13.8 Å². The third-order valence-corrected chi connectivity index (χ3v) is 5.99. The maximum atomic E-state index is 13.4. The normalized spacial score (nSPS) is 12.6. The van der Waals surface area contributed by atoms with E-state index in [1.54, 1.807) is 39.0 Å². The van der Waals surface area contributed by atoms with Crippen molar-refractivity contribution >= 4 is 61.0 Å². The summed E-state index contributed by atoms with van der Waals surface area (Å²) in [7, 11) is -1.48. The standard InChI is InChI=1S/C21H21BrClN3O4S/c1-12-8-14-18(15(22)9-12)24-11-25(19(14)27)26(20(28)30-21(2,3)4)16-10-13(23)6-7-17(16)31(5)29/h6-11H,1-5H3. The molecule has 1 unspecified atom stereocenters. The van der Waals surface area contributed by atoms with E-state index >= 15 is 0 Å². The largest absolute Gasteiger partial charge is 0.442 e. The summed E-state index contributed by atoms with van der Waals surface area (Å²) < 4.78 is 19.6. The number of ether oxygens (including phenoxy) is 1. The lowest BCUT2D eigenvalue weighted by molar-refractivity contribution is 0.0561. The lowest BCUT2D eigenvalue weighted by Gasteiger charge is -2.29. The number of fused-ring (bicyclic) bond motifs is 1. The third kappa shape index (κ3) is 4.99. The van der Waals surface area contributed by atoms with Gasteiger partial charge in [-0.05, 0) is 79.5 Å². The molecule has 164 valence electrons. The van der Waals surface area contributed by atoms with Gasteiger partial charge in [0.15, 0.2) is 0 Å². The number of hydrogen-bond acceptors (Lipinski definition) is 5. The molecule has 10 heteroatoms. The second-order valence-corrected chi connectivity index (χ2v) is 10.5. The number of aromatic nitrogens is 2. The summed E-state index contributed by atoms with van der Waals surface area (Å²) in [5, 5.41) is 1.63. The van der Waals surface area contributed by atoms with Gasteiger partial charge in [-0.25, -0.2) is 9.78 Å². The van der Waals surface area contributed by atoms with E-state index in [0.29, 0.717) is 25.3 Å². The van der Waals surface area contributed by atoms with Crippen LogP contribution in [0.4, 0.5) is 10.5 Å². The molecular formula is C21H21BrClN3O4S. The molecule has 1 aromatic heterocycles. The first-order chi connectivity index (χ1) is 14.4. The number of hydrogen-bond donors (Lipinski definition) is 0. The molecule has 0 N–H and O–H groups in total. The molecule has 3 rings (SSSR count). The smallest absolute Gasteiger partial charge is 0.434 e. The van der Waals surface area contributed by atoms with Gasteiger partial charge in [-0.3, -0.25) is 9.00 Å². The van der Waals surface area contributed by atoms with Crippen LogP contribution in [0.15, 0.2) is 50.8 Å². The van der Waals surface area contributed by atoms with Crippen LogP contribution >= 0.6 is 27.5 Å². The Morgan fingerprint density at radius 1 is 1.26 bits per heavy atom. The minimum atomic E-state index is -1.48. The van der Waals surface area contributed by atoms with Crippen molar-refractivity contribution in [2.45, 2.75) is 38.2 Å². The van der Waals surface area contributed by atoms with E-state index < -0.39 is 28.1 Å². The summed E-state index contributed by atoms with van der Waals surface area (Å²) in [6, 6.07) is 8.11. The van der Waals surface area contributed by atoms with Gasteiger partial charge in [0.25, 0.3) is 5.56 Å². The molecule has 0 spiro atoms. The Hall–Kier alpha value is -2.23. The minimum absolute atomic E-state index is 0.164. The van der Waals surface area contributed by atoms with Gasteiger partial charge in [-0.2, -0.15) is 9.69 Å².